The van der Waals surface area contributed by atoms with Gasteiger partial charge in [0.15, 0.2) is 0 Å². The molecule has 3 heteroatoms. The largest absolute Gasteiger partial charge is 0.303 e. The zero-order valence-corrected chi connectivity index (χ0v) is 8.25. The Balaban J connectivity index is 2.46. The summed E-state index contributed by atoms with van der Waals surface area (Å²) in [6, 6.07) is 2.03. The molecule has 0 radical (unpaired) electrons. The molecule has 0 aliphatic rings. The monoisotopic (exact) mass is 227 g/mol. The Morgan fingerprint density at radius 3 is 3.00 bits per heavy atom. The van der Waals surface area contributed by atoms with Crippen molar-refractivity contribution in [1.29, 1.82) is 0 Å². The van der Waals surface area contributed by atoms with Crippen LogP contribution in [-0.2, 0) is 11.2 Å². The third kappa shape index (κ3) is 3.13. The second-order valence-corrected chi connectivity index (χ2v) is 3.49. The van der Waals surface area contributed by atoms with E-state index in [1.165, 1.54) is 5.56 Å². The second-order valence-electron chi connectivity index (χ2n) is 2.57. The average Bonchev–Trinajstić information content (AvgIpc) is 2.05. The molecular formula is C9H10BrNO. The highest BCUT2D eigenvalue weighted by Gasteiger charge is 1.94. The lowest BCUT2D eigenvalue weighted by Gasteiger charge is -1.97. The summed E-state index contributed by atoms with van der Waals surface area (Å²) >= 11 is 3.34. The Labute approximate surface area is 80.1 Å². The van der Waals surface area contributed by atoms with Gasteiger partial charge in [0.25, 0.3) is 0 Å². The maximum atomic E-state index is 10.0. The van der Waals surface area contributed by atoms with E-state index in [-0.39, 0.29) is 0 Å². The van der Waals surface area contributed by atoms with E-state index in [2.05, 4.69) is 20.9 Å². The molecule has 0 bridgehead atoms. The SMILES string of the molecule is O=CCCCc1cncc(Br)c1. The van der Waals surface area contributed by atoms with E-state index in [0.717, 1.165) is 23.6 Å². The van der Waals surface area contributed by atoms with Crippen LogP contribution in [0.5, 0.6) is 0 Å². The molecule has 1 aromatic rings. The van der Waals surface area contributed by atoms with Gasteiger partial charge in [-0.1, -0.05) is 0 Å². The predicted molar refractivity (Wildman–Crippen MR) is 50.9 cm³/mol. The number of aromatic nitrogens is 1. The van der Waals surface area contributed by atoms with Crippen molar-refractivity contribution < 1.29 is 4.79 Å². The molecule has 64 valence electrons. The number of hydrogen-bond acceptors (Lipinski definition) is 2. The van der Waals surface area contributed by atoms with Gasteiger partial charge in [-0.2, -0.15) is 0 Å². The minimum atomic E-state index is 0.631. The van der Waals surface area contributed by atoms with Crippen molar-refractivity contribution in [1.82, 2.24) is 4.98 Å². The topological polar surface area (TPSA) is 30.0 Å². The van der Waals surface area contributed by atoms with E-state index >= 15 is 0 Å². The van der Waals surface area contributed by atoms with Crippen LogP contribution >= 0.6 is 15.9 Å². The molecule has 0 fully saturated rings. The summed E-state index contributed by atoms with van der Waals surface area (Å²) in [7, 11) is 0. The molecule has 1 heterocycles. The van der Waals surface area contributed by atoms with Gasteiger partial charge in [0.1, 0.15) is 6.29 Å². The maximum absolute atomic E-state index is 10.0. The van der Waals surface area contributed by atoms with Gasteiger partial charge >= 0.3 is 0 Å². The Hall–Kier alpha value is -0.700. The molecule has 0 saturated carbocycles. The van der Waals surface area contributed by atoms with Crippen molar-refractivity contribution in [3.8, 4) is 0 Å². The third-order valence-corrected chi connectivity index (χ3v) is 1.98. The van der Waals surface area contributed by atoms with Crippen LogP contribution in [-0.4, -0.2) is 11.3 Å². The van der Waals surface area contributed by atoms with Crippen molar-refractivity contribution >= 4 is 22.2 Å². The third-order valence-electron chi connectivity index (χ3n) is 1.55. The Kier molecular flexibility index (Phi) is 3.94. The number of halogens is 1. The fourth-order valence-electron chi connectivity index (χ4n) is 0.982. The molecule has 0 aliphatic heterocycles. The van der Waals surface area contributed by atoms with Gasteiger partial charge < -0.3 is 4.79 Å². The molecule has 0 atom stereocenters. The molecule has 0 unspecified atom stereocenters. The van der Waals surface area contributed by atoms with Crippen LogP contribution in [0, 0.1) is 0 Å². The van der Waals surface area contributed by atoms with Crippen LogP contribution in [0.2, 0.25) is 0 Å². The first-order chi connectivity index (χ1) is 5.83. The summed E-state index contributed by atoms with van der Waals surface area (Å²) in [5, 5.41) is 0. The van der Waals surface area contributed by atoms with Crippen LogP contribution in [0.1, 0.15) is 18.4 Å². The molecule has 0 saturated heterocycles. The first-order valence-electron chi connectivity index (χ1n) is 3.86. The fourth-order valence-corrected chi connectivity index (χ4v) is 1.39. The van der Waals surface area contributed by atoms with Crippen LogP contribution in [0.4, 0.5) is 0 Å². The van der Waals surface area contributed by atoms with Crippen molar-refractivity contribution in [2.75, 3.05) is 0 Å². The van der Waals surface area contributed by atoms with Gasteiger partial charge in [-0.25, -0.2) is 0 Å². The molecule has 0 amide bonds. The van der Waals surface area contributed by atoms with Crippen molar-refractivity contribution in [3.05, 3.63) is 28.5 Å². The summed E-state index contributed by atoms with van der Waals surface area (Å²) in [6.07, 6.45) is 6.99. The summed E-state index contributed by atoms with van der Waals surface area (Å²) in [5.74, 6) is 0. The van der Waals surface area contributed by atoms with E-state index < -0.39 is 0 Å². The Bertz CT molecular complexity index is 262. The number of aryl methyl sites for hydroxylation is 1. The van der Waals surface area contributed by atoms with Crippen molar-refractivity contribution in [2.45, 2.75) is 19.3 Å². The highest BCUT2D eigenvalue weighted by molar-refractivity contribution is 9.10. The van der Waals surface area contributed by atoms with Gasteiger partial charge in [-0.05, 0) is 40.4 Å². The fraction of sp³-hybridized carbons (Fsp3) is 0.333. The van der Waals surface area contributed by atoms with Gasteiger partial charge in [-0.3, -0.25) is 4.98 Å². The van der Waals surface area contributed by atoms with Crippen LogP contribution in [0.3, 0.4) is 0 Å². The first-order valence-corrected chi connectivity index (χ1v) is 4.65. The molecule has 0 aliphatic carbocycles. The Morgan fingerprint density at radius 1 is 1.50 bits per heavy atom. The minimum absolute atomic E-state index is 0.631. The summed E-state index contributed by atoms with van der Waals surface area (Å²) < 4.78 is 0.992. The quantitative estimate of drug-likeness (QED) is 0.584. The van der Waals surface area contributed by atoms with E-state index in [1.807, 2.05) is 12.3 Å². The molecule has 0 N–H and O–H groups in total. The molecule has 0 spiro atoms. The summed E-state index contributed by atoms with van der Waals surface area (Å²) in [4.78, 5) is 14.1. The van der Waals surface area contributed by atoms with Crippen LogP contribution in [0.25, 0.3) is 0 Å². The number of carbonyl (C=O) groups excluding carboxylic acids is 1. The molecule has 2 nitrogen and oxygen atoms in total. The zero-order valence-electron chi connectivity index (χ0n) is 6.66. The minimum Gasteiger partial charge on any atom is -0.303 e. The number of hydrogen-bond donors (Lipinski definition) is 0. The van der Waals surface area contributed by atoms with Gasteiger partial charge in [0, 0.05) is 23.3 Å². The lowest BCUT2D eigenvalue weighted by atomic mass is 10.1. The molecule has 0 aromatic carbocycles. The second kappa shape index (κ2) is 5.04. The lowest BCUT2D eigenvalue weighted by Crippen LogP contribution is -1.87. The normalized spacial score (nSPS) is 9.75. The van der Waals surface area contributed by atoms with Crippen molar-refractivity contribution in [2.24, 2.45) is 0 Å². The predicted octanol–water partition coefficient (Wildman–Crippen LogP) is 2.37. The zero-order chi connectivity index (χ0) is 8.81. The average molecular weight is 228 g/mol. The van der Waals surface area contributed by atoms with Gasteiger partial charge in [0.2, 0.25) is 0 Å². The van der Waals surface area contributed by atoms with Crippen molar-refractivity contribution in [3.63, 3.8) is 0 Å². The number of aldehydes is 1. The standard InChI is InChI=1S/C9H10BrNO/c10-9-5-8(6-11-7-9)3-1-2-4-12/h4-7H,1-3H2. The number of pyridine rings is 1. The maximum Gasteiger partial charge on any atom is 0.120 e. The van der Waals surface area contributed by atoms with E-state index in [4.69, 9.17) is 0 Å². The molecule has 12 heavy (non-hydrogen) atoms. The Morgan fingerprint density at radius 2 is 2.33 bits per heavy atom. The smallest absolute Gasteiger partial charge is 0.120 e. The number of rotatable bonds is 4. The van der Waals surface area contributed by atoms with Crippen LogP contribution < -0.4 is 0 Å². The number of unbranched alkanes of at least 4 members (excludes halogenated alkanes) is 1. The highest BCUT2D eigenvalue weighted by Crippen LogP contribution is 2.11. The number of carbonyl (C=O) groups is 1. The lowest BCUT2D eigenvalue weighted by molar-refractivity contribution is -0.107. The van der Waals surface area contributed by atoms with Gasteiger partial charge in [-0.15, -0.1) is 0 Å². The molecule has 1 rings (SSSR count). The van der Waals surface area contributed by atoms with E-state index in [0.29, 0.717) is 6.42 Å². The summed E-state index contributed by atoms with van der Waals surface area (Å²) in [6.45, 7) is 0. The number of nitrogens with zero attached hydrogens (tertiary/aromatic N) is 1. The first kappa shape index (κ1) is 9.39. The van der Waals surface area contributed by atoms with E-state index in [9.17, 15) is 4.79 Å². The molecule has 1 aromatic heterocycles. The molecular weight excluding hydrogens is 218 g/mol. The van der Waals surface area contributed by atoms with E-state index in [1.54, 1.807) is 6.20 Å². The van der Waals surface area contributed by atoms with Gasteiger partial charge in [0.05, 0.1) is 0 Å². The summed E-state index contributed by atoms with van der Waals surface area (Å²) in [5.41, 5.74) is 1.17. The highest BCUT2D eigenvalue weighted by atomic mass is 79.9. The van der Waals surface area contributed by atoms with Crippen LogP contribution in [0.15, 0.2) is 22.9 Å².